The summed E-state index contributed by atoms with van der Waals surface area (Å²) in [5, 5.41) is 0. The van der Waals surface area contributed by atoms with Crippen LogP contribution < -0.4 is 0 Å². The molecule has 1 amide bonds. The number of carbonyl (C=O) groups excluding carboxylic acids is 2. The van der Waals surface area contributed by atoms with Gasteiger partial charge in [-0.15, -0.1) is 0 Å². The van der Waals surface area contributed by atoms with Crippen molar-refractivity contribution in [1.29, 1.82) is 0 Å². The fraction of sp³-hybridized carbons (Fsp3) is 0.750. The van der Waals surface area contributed by atoms with Crippen LogP contribution in [0.15, 0.2) is 12.2 Å². The molecule has 2 saturated heterocycles. The number of methoxy groups -OCH3 is 1. The van der Waals surface area contributed by atoms with E-state index in [4.69, 9.17) is 9.47 Å². The molecule has 0 unspecified atom stereocenters. The maximum atomic E-state index is 12.9. The van der Waals surface area contributed by atoms with Gasteiger partial charge >= 0.3 is 5.97 Å². The molecular weight excluding hydrogens is 270 g/mol. The molecule has 1 spiro atoms. The average molecular weight is 291 g/mol. The third-order valence-corrected chi connectivity index (χ3v) is 5.62. The lowest BCUT2D eigenvalue weighted by atomic mass is 9.77. The van der Waals surface area contributed by atoms with E-state index in [2.05, 4.69) is 0 Å². The molecule has 1 saturated carbocycles. The van der Waals surface area contributed by atoms with Gasteiger partial charge in [-0.2, -0.15) is 0 Å². The Morgan fingerprint density at radius 2 is 2.14 bits per heavy atom. The Bertz CT molecular complexity index is 510. The lowest BCUT2D eigenvalue weighted by Gasteiger charge is -2.32. The topological polar surface area (TPSA) is 55.8 Å². The van der Waals surface area contributed by atoms with Gasteiger partial charge in [-0.1, -0.05) is 31.4 Å². The number of fused-ring (bicyclic) bond motifs is 1. The lowest BCUT2D eigenvalue weighted by molar-refractivity contribution is -0.151. The fourth-order valence-electron chi connectivity index (χ4n) is 4.64. The Labute approximate surface area is 124 Å². The number of amides is 1. The molecule has 4 atom stereocenters. The summed E-state index contributed by atoms with van der Waals surface area (Å²) < 4.78 is 10.9. The Balaban J connectivity index is 1.63. The van der Waals surface area contributed by atoms with Crippen LogP contribution >= 0.6 is 0 Å². The van der Waals surface area contributed by atoms with E-state index in [1.807, 2.05) is 17.1 Å². The van der Waals surface area contributed by atoms with Crippen LogP contribution in [0.3, 0.4) is 0 Å². The number of rotatable bonds is 2. The monoisotopic (exact) mass is 291 g/mol. The molecule has 0 radical (unpaired) electrons. The third kappa shape index (κ3) is 1.73. The normalized spacial score (nSPS) is 41.7. The lowest BCUT2D eigenvalue weighted by Crippen LogP contribution is -2.42. The van der Waals surface area contributed by atoms with Crippen molar-refractivity contribution < 1.29 is 19.1 Å². The van der Waals surface area contributed by atoms with Gasteiger partial charge in [0.15, 0.2) is 0 Å². The van der Waals surface area contributed by atoms with Crippen LogP contribution in [0.2, 0.25) is 0 Å². The average Bonchev–Trinajstić information content (AvgIpc) is 3.16. The van der Waals surface area contributed by atoms with Gasteiger partial charge in [0.2, 0.25) is 5.91 Å². The number of hydrogen-bond donors (Lipinski definition) is 0. The zero-order chi connectivity index (χ0) is 14.6. The van der Waals surface area contributed by atoms with Gasteiger partial charge < -0.3 is 14.4 Å². The van der Waals surface area contributed by atoms with Crippen molar-refractivity contribution in [2.75, 3.05) is 13.7 Å². The van der Waals surface area contributed by atoms with Crippen LogP contribution in [0.4, 0.5) is 0 Å². The molecule has 4 aliphatic rings. The van der Waals surface area contributed by atoms with Gasteiger partial charge in [-0.05, 0) is 12.8 Å². The smallest absolute Gasteiger partial charge is 0.312 e. The second kappa shape index (κ2) is 4.57. The highest BCUT2D eigenvalue weighted by atomic mass is 16.5. The quantitative estimate of drug-likeness (QED) is 0.568. The van der Waals surface area contributed by atoms with Gasteiger partial charge in [-0.3, -0.25) is 9.59 Å². The van der Waals surface area contributed by atoms with Gasteiger partial charge in [0.1, 0.15) is 11.5 Å². The van der Waals surface area contributed by atoms with Crippen molar-refractivity contribution in [2.24, 2.45) is 11.8 Å². The first-order valence-corrected chi connectivity index (χ1v) is 7.92. The van der Waals surface area contributed by atoms with E-state index in [0.717, 1.165) is 12.8 Å². The number of nitrogens with zero attached hydrogens (tertiary/aromatic N) is 1. The minimum Gasteiger partial charge on any atom is -0.469 e. The summed E-state index contributed by atoms with van der Waals surface area (Å²) in [5.74, 6) is -1.10. The van der Waals surface area contributed by atoms with Gasteiger partial charge in [0, 0.05) is 6.04 Å². The first-order chi connectivity index (χ1) is 10.2. The maximum absolute atomic E-state index is 12.9. The van der Waals surface area contributed by atoms with Gasteiger partial charge in [0.25, 0.3) is 0 Å². The number of carbonyl (C=O) groups is 2. The standard InChI is InChI=1S/C16H21NO4/c1-20-15(19)12-11-7-8-16(21-11)9-17(14(18)13(12)16)10-5-3-2-4-6-10/h7-8,10-13H,2-6,9H2,1H3/t11-,12-,13-,16+/m1/s1. The number of likely N-dealkylation sites (tertiary alicyclic amines) is 1. The van der Waals surface area contributed by atoms with Gasteiger partial charge in [0.05, 0.1) is 25.7 Å². The largest absolute Gasteiger partial charge is 0.469 e. The molecule has 5 nitrogen and oxygen atoms in total. The summed E-state index contributed by atoms with van der Waals surface area (Å²) in [7, 11) is 1.38. The molecule has 114 valence electrons. The summed E-state index contributed by atoms with van der Waals surface area (Å²) in [6.45, 7) is 0.599. The number of ether oxygens (including phenoxy) is 2. The summed E-state index contributed by atoms with van der Waals surface area (Å²) >= 11 is 0. The second-order valence-corrected chi connectivity index (χ2v) is 6.68. The minimum atomic E-state index is -0.585. The van der Waals surface area contributed by atoms with E-state index in [1.165, 1.54) is 26.4 Å². The summed E-state index contributed by atoms with van der Waals surface area (Å²) in [6, 6.07) is 0.320. The molecule has 2 bridgehead atoms. The molecule has 0 aromatic carbocycles. The molecule has 0 aromatic rings. The number of hydrogen-bond acceptors (Lipinski definition) is 4. The van der Waals surface area contributed by atoms with Crippen LogP contribution in [0.25, 0.3) is 0 Å². The summed E-state index contributed by atoms with van der Waals surface area (Å²) in [6.07, 6.45) is 9.42. The molecule has 21 heavy (non-hydrogen) atoms. The van der Waals surface area contributed by atoms with Crippen molar-refractivity contribution in [2.45, 2.75) is 49.9 Å². The van der Waals surface area contributed by atoms with E-state index >= 15 is 0 Å². The maximum Gasteiger partial charge on any atom is 0.312 e. The summed E-state index contributed by atoms with van der Waals surface area (Å²) in [5.41, 5.74) is -0.585. The highest BCUT2D eigenvalue weighted by Crippen LogP contribution is 2.53. The molecule has 3 fully saturated rings. The van der Waals surface area contributed by atoms with Crippen LogP contribution in [0.5, 0.6) is 0 Å². The van der Waals surface area contributed by atoms with Crippen LogP contribution in [-0.4, -0.2) is 48.2 Å². The van der Waals surface area contributed by atoms with E-state index in [0.29, 0.717) is 12.6 Å². The van der Waals surface area contributed by atoms with Crippen LogP contribution in [-0.2, 0) is 19.1 Å². The summed E-state index contributed by atoms with van der Waals surface area (Å²) in [4.78, 5) is 26.9. The predicted octanol–water partition coefficient (Wildman–Crippen LogP) is 1.27. The highest BCUT2D eigenvalue weighted by Gasteiger charge is 2.67. The highest BCUT2D eigenvalue weighted by molar-refractivity contribution is 5.91. The molecule has 3 heterocycles. The SMILES string of the molecule is COC(=O)[C@@H]1[C@H]2C=C[C@@]3(CN(C4CCCCC4)C(=O)[C@@H]13)O2. The molecule has 4 rings (SSSR count). The molecule has 0 N–H and O–H groups in total. The Kier molecular flexibility index (Phi) is 2.89. The van der Waals surface area contributed by atoms with E-state index in [-0.39, 0.29) is 23.9 Å². The molecule has 3 aliphatic heterocycles. The van der Waals surface area contributed by atoms with Crippen molar-refractivity contribution in [3.05, 3.63) is 12.2 Å². The minimum absolute atomic E-state index is 0.0872. The van der Waals surface area contributed by atoms with Crippen molar-refractivity contribution in [3.8, 4) is 0 Å². The van der Waals surface area contributed by atoms with Crippen molar-refractivity contribution >= 4 is 11.9 Å². The molecule has 1 aliphatic carbocycles. The number of esters is 1. The Hall–Kier alpha value is -1.36. The first-order valence-electron chi connectivity index (χ1n) is 7.92. The molecule has 5 heteroatoms. The third-order valence-electron chi connectivity index (χ3n) is 5.62. The van der Waals surface area contributed by atoms with Gasteiger partial charge in [-0.25, -0.2) is 0 Å². The zero-order valence-electron chi connectivity index (χ0n) is 12.3. The molecule has 0 aromatic heterocycles. The second-order valence-electron chi connectivity index (χ2n) is 6.68. The Morgan fingerprint density at radius 1 is 1.38 bits per heavy atom. The fourth-order valence-corrected chi connectivity index (χ4v) is 4.64. The Morgan fingerprint density at radius 3 is 2.86 bits per heavy atom. The zero-order valence-corrected chi connectivity index (χ0v) is 12.3. The van der Waals surface area contributed by atoms with E-state index in [9.17, 15) is 9.59 Å². The van der Waals surface area contributed by atoms with Crippen molar-refractivity contribution in [3.63, 3.8) is 0 Å². The van der Waals surface area contributed by atoms with E-state index in [1.54, 1.807) is 0 Å². The van der Waals surface area contributed by atoms with Crippen LogP contribution in [0, 0.1) is 11.8 Å². The van der Waals surface area contributed by atoms with Crippen molar-refractivity contribution in [1.82, 2.24) is 4.90 Å². The predicted molar refractivity (Wildman–Crippen MR) is 74.3 cm³/mol. The van der Waals surface area contributed by atoms with Crippen LogP contribution in [0.1, 0.15) is 32.1 Å². The molecular formula is C16H21NO4. The van der Waals surface area contributed by atoms with E-state index < -0.39 is 11.5 Å². The first kappa shape index (κ1) is 13.3.